The maximum atomic E-state index is 13.9. The minimum absolute atomic E-state index is 0.0872. The highest BCUT2D eigenvalue weighted by Gasteiger charge is 2.36. The van der Waals surface area contributed by atoms with Crippen LogP contribution in [0.2, 0.25) is 0 Å². The maximum absolute atomic E-state index is 13.9. The van der Waals surface area contributed by atoms with Crippen molar-refractivity contribution in [3.63, 3.8) is 0 Å². The Balaban J connectivity index is 1.83. The standard InChI is InChI=1S/C27H45N5O4S/c1-17(2)12-13-29-25(33)21(15-18(3)4)32(16-20-11-8-14-36-20)27(35)24-22(28)23(31-37-24)26(34)30-19-9-6-5-7-10-19/h17-21H,5-16,28H2,1-4H3,(H,29,33)(H,30,34)/t20-,21-/m1/s1. The molecule has 208 valence electrons. The van der Waals surface area contributed by atoms with E-state index < -0.39 is 6.04 Å². The number of amides is 3. The molecule has 1 aliphatic carbocycles. The summed E-state index contributed by atoms with van der Waals surface area (Å²) in [6, 6.07) is -0.549. The van der Waals surface area contributed by atoms with Crippen LogP contribution >= 0.6 is 11.5 Å². The number of nitrogens with zero attached hydrogens (tertiary/aromatic N) is 2. The van der Waals surface area contributed by atoms with Gasteiger partial charge in [-0.25, -0.2) is 0 Å². The van der Waals surface area contributed by atoms with Crippen LogP contribution < -0.4 is 16.4 Å². The van der Waals surface area contributed by atoms with Crippen molar-refractivity contribution in [1.29, 1.82) is 0 Å². The van der Waals surface area contributed by atoms with E-state index in [-0.39, 0.29) is 52.0 Å². The second-order valence-electron chi connectivity index (χ2n) is 11.3. The molecule has 0 radical (unpaired) electrons. The van der Waals surface area contributed by atoms with Gasteiger partial charge in [-0.1, -0.05) is 47.0 Å². The lowest BCUT2D eigenvalue weighted by Crippen LogP contribution is -2.52. The van der Waals surface area contributed by atoms with Crippen molar-refractivity contribution in [3.8, 4) is 0 Å². The number of carbonyl (C=O) groups is 3. The summed E-state index contributed by atoms with van der Waals surface area (Å²) in [6.07, 6.45) is 8.26. The lowest BCUT2D eigenvalue weighted by molar-refractivity contribution is -0.126. The predicted molar refractivity (Wildman–Crippen MR) is 147 cm³/mol. The topological polar surface area (TPSA) is 127 Å². The summed E-state index contributed by atoms with van der Waals surface area (Å²) < 4.78 is 10.1. The smallest absolute Gasteiger partial charge is 0.273 e. The molecule has 0 unspecified atom stereocenters. The van der Waals surface area contributed by atoms with Gasteiger partial charge in [0.1, 0.15) is 10.9 Å². The molecule has 0 aromatic carbocycles. The molecule has 1 saturated heterocycles. The molecular weight excluding hydrogens is 490 g/mol. The third-order valence-electron chi connectivity index (χ3n) is 7.16. The summed E-state index contributed by atoms with van der Waals surface area (Å²) in [5.41, 5.74) is 6.54. The van der Waals surface area contributed by atoms with E-state index in [1.807, 2.05) is 13.8 Å². The first-order valence-electron chi connectivity index (χ1n) is 13.9. The first kappa shape index (κ1) is 29.4. The first-order chi connectivity index (χ1) is 17.7. The SMILES string of the molecule is CC(C)CCNC(=O)[C@@H](CC(C)C)N(C[C@H]1CCCO1)C(=O)c1snc(C(=O)NC2CCCCC2)c1N. The molecule has 10 heteroatoms. The lowest BCUT2D eigenvalue weighted by Gasteiger charge is -2.33. The minimum Gasteiger partial charge on any atom is -0.395 e. The molecule has 1 saturated carbocycles. The molecule has 2 aliphatic rings. The number of aromatic nitrogens is 1. The Kier molecular flexibility index (Phi) is 11.2. The molecule has 1 aliphatic heterocycles. The fourth-order valence-electron chi connectivity index (χ4n) is 5.03. The molecule has 2 fully saturated rings. The number of hydrogen-bond donors (Lipinski definition) is 3. The van der Waals surface area contributed by atoms with E-state index in [1.54, 1.807) is 4.90 Å². The van der Waals surface area contributed by atoms with Crippen LogP contribution in [0.3, 0.4) is 0 Å². The van der Waals surface area contributed by atoms with Gasteiger partial charge in [-0.05, 0) is 61.9 Å². The van der Waals surface area contributed by atoms with Crippen molar-refractivity contribution in [2.45, 2.75) is 104 Å². The van der Waals surface area contributed by atoms with Crippen LogP contribution in [0.1, 0.15) is 106 Å². The number of carbonyl (C=O) groups excluding carboxylic acids is 3. The molecule has 3 rings (SSSR count). The highest BCUT2D eigenvalue weighted by Crippen LogP contribution is 2.28. The van der Waals surface area contributed by atoms with Crippen LogP contribution in [0, 0.1) is 11.8 Å². The summed E-state index contributed by atoms with van der Waals surface area (Å²) in [5.74, 6) is -0.221. The van der Waals surface area contributed by atoms with Gasteiger partial charge < -0.3 is 26.0 Å². The molecule has 2 atom stereocenters. The average molecular weight is 536 g/mol. The zero-order valence-electron chi connectivity index (χ0n) is 22.9. The average Bonchev–Trinajstić information content (AvgIpc) is 3.50. The number of rotatable bonds is 12. The van der Waals surface area contributed by atoms with Gasteiger partial charge in [0.25, 0.3) is 11.8 Å². The summed E-state index contributed by atoms with van der Waals surface area (Å²) in [5, 5.41) is 6.07. The summed E-state index contributed by atoms with van der Waals surface area (Å²) in [7, 11) is 0. The monoisotopic (exact) mass is 535 g/mol. The fourth-order valence-corrected chi connectivity index (χ4v) is 5.78. The number of hydrogen-bond acceptors (Lipinski definition) is 7. The van der Waals surface area contributed by atoms with E-state index in [0.29, 0.717) is 32.0 Å². The molecule has 1 aromatic rings. The minimum atomic E-state index is -0.662. The predicted octanol–water partition coefficient (Wildman–Crippen LogP) is 3.99. The largest absolute Gasteiger partial charge is 0.395 e. The Morgan fingerprint density at radius 2 is 1.81 bits per heavy atom. The zero-order valence-corrected chi connectivity index (χ0v) is 23.7. The van der Waals surface area contributed by atoms with Crippen molar-refractivity contribution >= 4 is 34.9 Å². The van der Waals surface area contributed by atoms with E-state index in [4.69, 9.17) is 10.5 Å². The molecule has 0 bridgehead atoms. The fraction of sp³-hybridized carbons (Fsp3) is 0.778. The summed E-state index contributed by atoms with van der Waals surface area (Å²) >= 11 is 0.931. The summed E-state index contributed by atoms with van der Waals surface area (Å²) in [4.78, 5) is 42.0. The molecule has 3 amide bonds. The molecule has 37 heavy (non-hydrogen) atoms. The number of anilines is 1. The molecular formula is C27H45N5O4S. The Morgan fingerprint density at radius 3 is 2.43 bits per heavy atom. The number of nitrogen functional groups attached to an aromatic ring is 1. The molecule has 2 heterocycles. The first-order valence-corrected chi connectivity index (χ1v) is 14.7. The molecule has 9 nitrogen and oxygen atoms in total. The van der Waals surface area contributed by atoms with Crippen LogP contribution in [0.5, 0.6) is 0 Å². The van der Waals surface area contributed by atoms with Gasteiger partial charge in [-0.2, -0.15) is 4.37 Å². The molecule has 0 spiro atoms. The van der Waals surface area contributed by atoms with E-state index in [9.17, 15) is 14.4 Å². The van der Waals surface area contributed by atoms with Crippen LogP contribution in [0.4, 0.5) is 5.69 Å². The normalized spacial score (nSPS) is 19.2. The van der Waals surface area contributed by atoms with Crippen LogP contribution in [0.15, 0.2) is 0 Å². The Morgan fingerprint density at radius 1 is 1.08 bits per heavy atom. The van der Waals surface area contributed by atoms with Gasteiger partial charge in [-0.15, -0.1) is 0 Å². The lowest BCUT2D eigenvalue weighted by atomic mass is 9.95. The Hall–Kier alpha value is -2.20. The van der Waals surface area contributed by atoms with Gasteiger partial charge in [0.05, 0.1) is 11.8 Å². The van der Waals surface area contributed by atoms with E-state index in [1.165, 1.54) is 6.42 Å². The zero-order chi connectivity index (χ0) is 26.9. The van der Waals surface area contributed by atoms with Gasteiger partial charge in [-0.3, -0.25) is 14.4 Å². The Labute approximate surface area is 225 Å². The summed E-state index contributed by atoms with van der Waals surface area (Å²) in [6.45, 7) is 9.81. The van der Waals surface area contributed by atoms with Crippen molar-refractivity contribution in [2.75, 3.05) is 25.4 Å². The van der Waals surface area contributed by atoms with Gasteiger partial charge >= 0.3 is 0 Å². The second kappa shape index (κ2) is 14.1. The van der Waals surface area contributed by atoms with Crippen LogP contribution in [-0.2, 0) is 9.53 Å². The van der Waals surface area contributed by atoms with E-state index in [0.717, 1.165) is 56.5 Å². The second-order valence-corrected chi connectivity index (χ2v) is 12.1. The van der Waals surface area contributed by atoms with E-state index in [2.05, 4.69) is 28.9 Å². The van der Waals surface area contributed by atoms with Gasteiger partial charge in [0, 0.05) is 25.7 Å². The number of nitrogens with one attached hydrogen (secondary N) is 2. The van der Waals surface area contributed by atoms with Crippen LogP contribution in [-0.4, -0.2) is 64.9 Å². The highest BCUT2D eigenvalue weighted by molar-refractivity contribution is 7.09. The molecule has 4 N–H and O–H groups in total. The third kappa shape index (κ3) is 8.40. The van der Waals surface area contributed by atoms with E-state index >= 15 is 0 Å². The number of nitrogens with two attached hydrogens (primary N) is 1. The highest BCUT2D eigenvalue weighted by atomic mass is 32.1. The molecule has 1 aromatic heterocycles. The maximum Gasteiger partial charge on any atom is 0.273 e. The van der Waals surface area contributed by atoms with Crippen molar-refractivity contribution in [2.24, 2.45) is 11.8 Å². The van der Waals surface area contributed by atoms with Crippen molar-refractivity contribution in [1.82, 2.24) is 19.9 Å². The Bertz CT molecular complexity index is 907. The van der Waals surface area contributed by atoms with Crippen molar-refractivity contribution in [3.05, 3.63) is 10.6 Å². The third-order valence-corrected chi connectivity index (χ3v) is 8.01. The quantitative estimate of drug-likeness (QED) is 0.372. The number of ether oxygens (including phenoxy) is 1. The van der Waals surface area contributed by atoms with Crippen molar-refractivity contribution < 1.29 is 19.1 Å². The van der Waals surface area contributed by atoms with Gasteiger partial charge in [0.15, 0.2) is 5.69 Å². The van der Waals surface area contributed by atoms with Gasteiger partial charge in [0.2, 0.25) is 5.91 Å². The van der Waals surface area contributed by atoms with Crippen LogP contribution in [0.25, 0.3) is 0 Å².